The van der Waals surface area contributed by atoms with Gasteiger partial charge < -0.3 is 9.64 Å². The third-order valence-electron chi connectivity index (χ3n) is 7.77. The average Bonchev–Trinajstić information content (AvgIpc) is 2.90. The molecular weight excluding hydrogens is 560 g/mol. The molecule has 232 valence electrons. The summed E-state index contributed by atoms with van der Waals surface area (Å²) in [4.78, 5) is 25.1. The van der Waals surface area contributed by atoms with Gasteiger partial charge in [-0.2, -0.15) is 4.98 Å². The number of aryl methyl sites for hydroxylation is 2. The van der Waals surface area contributed by atoms with E-state index in [9.17, 15) is 13.2 Å². The first-order valence-electron chi connectivity index (χ1n) is 15.2. The highest BCUT2D eigenvalue weighted by molar-refractivity contribution is 7.92. The number of ether oxygens (including phenoxy) is 1. The van der Waals surface area contributed by atoms with E-state index in [1.54, 1.807) is 18.2 Å². The third kappa shape index (κ3) is 8.34. The van der Waals surface area contributed by atoms with E-state index in [1.807, 2.05) is 36.9 Å². The number of carbonyl (C=O) groups is 1. The molecule has 2 heterocycles. The number of fused-ring (bicyclic) bond motifs is 4. The zero-order valence-electron chi connectivity index (χ0n) is 26.8. The molecule has 4 rings (SSSR count). The molecule has 1 N–H and O–H groups in total. The number of nitrogens with one attached hydrogen (secondary N) is 1. The van der Waals surface area contributed by atoms with E-state index >= 15 is 0 Å². The maximum Gasteiger partial charge on any atom is 0.264 e. The topological polar surface area (TPSA) is 101 Å². The van der Waals surface area contributed by atoms with Gasteiger partial charge in [-0.05, 0) is 79.7 Å². The number of carbonyl (C=O) groups excluding carboxylic acids is 1. The molecule has 2 atom stereocenters. The largest absolute Gasteiger partial charge is 0.475 e. The lowest BCUT2D eigenvalue weighted by atomic mass is 9.87. The lowest BCUT2D eigenvalue weighted by molar-refractivity contribution is 0.0519. The summed E-state index contributed by atoms with van der Waals surface area (Å²) >= 11 is 0. The first kappa shape index (κ1) is 32.5. The summed E-state index contributed by atoms with van der Waals surface area (Å²) in [6.45, 7) is 17.8. The maximum absolute atomic E-state index is 14.2. The highest BCUT2D eigenvalue weighted by Gasteiger charge is 2.31. The van der Waals surface area contributed by atoms with Crippen LogP contribution in [0, 0.1) is 31.1 Å². The second-order valence-electron chi connectivity index (χ2n) is 13.6. The maximum atomic E-state index is 14.2. The number of rotatable bonds is 7. The van der Waals surface area contributed by atoms with Gasteiger partial charge in [0.15, 0.2) is 0 Å². The molecule has 8 nitrogen and oxygen atoms in total. The van der Waals surface area contributed by atoms with E-state index in [4.69, 9.17) is 4.74 Å². The molecular formula is C34H46N4O4S. The van der Waals surface area contributed by atoms with Gasteiger partial charge in [-0.25, -0.2) is 18.1 Å². The molecule has 0 spiro atoms. The Hall–Kier alpha value is -3.46. The fraction of sp³-hybridized carbons (Fsp3) is 0.500. The summed E-state index contributed by atoms with van der Waals surface area (Å²) in [5, 5.41) is 0. The Labute approximate surface area is 257 Å². The predicted molar refractivity (Wildman–Crippen MR) is 172 cm³/mol. The van der Waals surface area contributed by atoms with E-state index in [0.29, 0.717) is 36.1 Å². The SMILES string of the molecule is Cc1cccc(C)c1-c1cc2nc(n1)NS(=O)(=O)c1cccc(c1)C(=O)N(CCC(C)CC(C)C)[C@H](CC(C)(C)C)CO2. The second-order valence-corrected chi connectivity index (χ2v) is 15.2. The zero-order chi connectivity index (χ0) is 31.5. The number of nitrogens with zero attached hydrogens (tertiary/aromatic N) is 3. The van der Waals surface area contributed by atoms with Crippen molar-refractivity contribution in [1.29, 1.82) is 0 Å². The van der Waals surface area contributed by atoms with E-state index in [0.717, 1.165) is 29.5 Å². The molecule has 43 heavy (non-hydrogen) atoms. The van der Waals surface area contributed by atoms with Crippen LogP contribution in [0.1, 0.15) is 82.3 Å². The molecule has 4 bridgehead atoms. The van der Waals surface area contributed by atoms with Crippen molar-refractivity contribution in [2.45, 2.75) is 85.6 Å². The number of aromatic nitrogens is 2. The number of amides is 1. The summed E-state index contributed by atoms with van der Waals surface area (Å²) in [7, 11) is -4.10. The van der Waals surface area contributed by atoms with Crippen LogP contribution in [-0.4, -0.2) is 48.4 Å². The summed E-state index contributed by atoms with van der Waals surface area (Å²) < 4.78 is 36.0. The van der Waals surface area contributed by atoms with Crippen LogP contribution in [0.25, 0.3) is 11.3 Å². The molecule has 1 aromatic heterocycles. The first-order valence-corrected chi connectivity index (χ1v) is 16.6. The number of benzene rings is 2. The van der Waals surface area contributed by atoms with Crippen LogP contribution < -0.4 is 9.46 Å². The van der Waals surface area contributed by atoms with Gasteiger partial charge in [-0.3, -0.25) is 4.79 Å². The van der Waals surface area contributed by atoms with Gasteiger partial charge in [0.2, 0.25) is 11.8 Å². The fourth-order valence-corrected chi connectivity index (χ4v) is 6.90. The Morgan fingerprint density at radius 3 is 2.35 bits per heavy atom. The molecule has 1 aliphatic rings. The molecule has 2 aromatic carbocycles. The van der Waals surface area contributed by atoms with Crippen molar-refractivity contribution in [3.63, 3.8) is 0 Å². The molecule has 0 radical (unpaired) electrons. The summed E-state index contributed by atoms with van der Waals surface area (Å²) in [5.74, 6) is 0.935. The highest BCUT2D eigenvalue weighted by atomic mass is 32.2. The Morgan fingerprint density at radius 1 is 1.02 bits per heavy atom. The second kappa shape index (κ2) is 13.0. The van der Waals surface area contributed by atoms with E-state index in [-0.39, 0.29) is 40.7 Å². The van der Waals surface area contributed by atoms with Crippen molar-refractivity contribution < 1.29 is 17.9 Å². The van der Waals surface area contributed by atoms with Crippen molar-refractivity contribution in [1.82, 2.24) is 14.9 Å². The van der Waals surface area contributed by atoms with Gasteiger partial charge >= 0.3 is 0 Å². The van der Waals surface area contributed by atoms with Crippen molar-refractivity contribution in [2.75, 3.05) is 17.9 Å². The summed E-state index contributed by atoms with van der Waals surface area (Å²) in [6, 6.07) is 13.6. The van der Waals surface area contributed by atoms with E-state index < -0.39 is 10.0 Å². The van der Waals surface area contributed by atoms with Crippen LogP contribution in [0.4, 0.5) is 5.95 Å². The van der Waals surface area contributed by atoms with Crippen LogP contribution in [0.5, 0.6) is 5.88 Å². The van der Waals surface area contributed by atoms with E-state index in [2.05, 4.69) is 56.2 Å². The van der Waals surface area contributed by atoms with Crippen molar-refractivity contribution in [2.24, 2.45) is 17.3 Å². The molecule has 1 unspecified atom stereocenters. The number of anilines is 1. The van der Waals surface area contributed by atoms with E-state index in [1.165, 1.54) is 12.1 Å². The Balaban J connectivity index is 1.86. The number of sulfonamides is 1. The van der Waals surface area contributed by atoms with Crippen LogP contribution in [-0.2, 0) is 10.0 Å². The summed E-state index contributed by atoms with van der Waals surface area (Å²) in [6.07, 6.45) is 2.58. The monoisotopic (exact) mass is 606 g/mol. The van der Waals surface area contributed by atoms with Crippen LogP contribution in [0.2, 0.25) is 0 Å². The van der Waals surface area contributed by atoms with Crippen molar-refractivity contribution >= 4 is 21.9 Å². The average molecular weight is 607 g/mol. The van der Waals surface area contributed by atoms with Crippen molar-refractivity contribution in [3.8, 4) is 17.1 Å². The van der Waals surface area contributed by atoms with Crippen LogP contribution in [0.15, 0.2) is 53.4 Å². The number of hydrogen-bond acceptors (Lipinski definition) is 6. The zero-order valence-corrected chi connectivity index (χ0v) is 27.6. The van der Waals surface area contributed by atoms with Gasteiger partial charge in [-0.1, -0.05) is 65.8 Å². The quantitative estimate of drug-likeness (QED) is 0.303. The lowest BCUT2D eigenvalue weighted by Crippen LogP contribution is -2.46. The fourth-order valence-electron chi connectivity index (χ4n) is 5.91. The lowest BCUT2D eigenvalue weighted by Gasteiger charge is -2.36. The van der Waals surface area contributed by atoms with Gasteiger partial charge in [0.25, 0.3) is 15.9 Å². The van der Waals surface area contributed by atoms with Crippen LogP contribution in [0.3, 0.4) is 0 Å². The predicted octanol–water partition coefficient (Wildman–Crippen LogP) is 7.27. The molecule has 0 aliphatic carbocycles. The Bertz CT molecular complexity index is 1540. The smallest absolute Gasteiger partial charge is 0.264 e. The molecule has 1 aliphatic heterocycles. The minimum Gasteiger partial charge on any atom is -0.475 e. The van der Waals surface area contributed by atoms with Crippen LogP contribution >= 0.6 is 0 Å². The normalized spacial score (nSPS) is 17.7. The molecule has 0 fully saturated rings. The first-order chi connectivity index (χ1) is 20.1. The molecule has 9 heteroatoms. The van der Waals surface area contributed by atoms with Gasteiger partial charge in [0.05, 0.1) is 16.6 Å². The molecule has 0 saturated carbocycles. The Kier molecular flexibility index (Phi) is 9.84. The number of hydrogen-bond donors (Lipinski definition) is 1. The molecule has 3 aromatic rings. The van der Waals surface area contributed by atoms with Gasteiger partial charge in [-0.15, -0.1) is 0 Å². The highest BCUT2D eigenvalue weighted by Crippen LogP contribution is 2.31. The van der Waals surface area contributed by atoms with Gasteiger partial charge in [0, 0.05) is 23.7 Å². The third-order valence-corrected chi connectivity index (χ3v) is 9.09. The molecule has 0 saturated heterocycles. The minimum atomic E-state index is -4.10. The van der Waals surface area contributed by atoms with Gasteiger partial charge in [0.1, 0.15) is 6.61 Å². The Morgan fingerprint density at radius 2 is 1.70 bits per heavy atom. The minimum absolute atomic E-state index is 0.0263. The standard InChI is InChI=1S/C34H46N4O4S/c1-22(2)17-23(3)15-16-38-27(20-34(6,7)8)21-42-30-19-29(31-24(4)11-9-12-25(31)5)35-33(36-30)37-43(40,41)28-14-10-13-26(18-28)32(38)39/h9-14,18-19,22-23,27H,15-17,20-21H2,1-8H3,(H,35,36,37)/t23?,27-/m1/s1. The van der Waals surface area contributed by atoms with Crippen molar-refractivity contribution in [3.05, 3.63) is 65.2 Å². The summed E-state index contributed by atoms with van der Waals surface area (Å²) in [5.41, 5.74) is 3.68. The molecule has 1 amide bonds.